The number of ether oxygens (including phenoxy) is 1. The summed E-state index contributed by atoms with van der Waals surface area (Å²) in [5, 5.41) is 8.96. The Morgan fingerprint density at radius 3 is 3.10 bits per heavy atom. The van der Waals surface area contributed by atoms with Gasteiger partial charge in [0.2, 0.25) is 5.91 Å². The van der Waals surface area contributed by atoms with E-state index >= 15 is 0 Å². The van der Waals surface area contributed by atoms with E-state index in [1.54, 1.807) is 0 Å². The highest BCUT2D eigenvalue weighted by molar-refractivity contribution is 7.13. The van der Waals surface area contributed by atoms with E-state index in [9.17, 15) is 4.79 Å². The van der Waals surface area contributed by atoms with Gasteiger partial charge in [0.1, 0.15) is 0 Å². The first-order chi connectivity index (χ1) is 9.60. The number of amides is 1. The largest absolute Gasteiger partial charge is 0.378 e. The normalized spacial score (nSPS) is 23.8. The standard InChI is InChI=1S/C14H23N3O2S/c1-4-5-15-10(3)12-8-20-14(16-12)17-13(18)11-6-9(2)19-7-11/h8-11,15H,4-7H2,1-3H3,(H,16,17,18). The third kappa shape index (κ3) is 4.01. The van der Waals surface area contributed by atoms with Crippen LogP contribution >= 0.6 is 11.3 Å². The Bertz CT molecular complexity index is 449. The molecule has 1 aromatic rings. The molecule has 1 aromatic heterocycles. The minimum Gasteiger partial charge on any atom is -0.378 e. The number of anilines is 1. The van der Waals surface area contributed by atoms with Gasteiger partial charge in [0, 0.05) is 11.4 Å². The van der Waals surface area contributed by atoms with Crippen molar-refractivity contribution in [3.63, 3.8) is 0 Å². The summed E-state index contributed by atoms with van der Waals surface area (Å²) in [4.78, 5) is 16.5. The lowest BCUT2D eigenvalue weighted by Gasteiger charge is -2.10. The van der Waals surface area contributed by atoms with Crippen LogP contribution in [0.4, 0.5) is 5.13 Å². The zero-order chi connectivity index (χ0) is 14.5. The number of nitrogens with one attached hydrogen (secondary N) is 2. The maximum atomic E-state index is 12.1. The average Bonchev–Trinajstić information content (AvgIpc) is 3.05. The first kappa shape index (κ1) is 15.4. The number of nitrogens with zero attached hydrogens (tertiary/aromatic N) is 1. The second-order valence-electron chi connectivity index (χ2n) is 5.32. The van der Waals surface area contributed by atoms with Crippen molar-refractivity contribution in [1.29, 1.82) is 0 Å². The van der Waals surface area contributed by atoms with Crippen molar-refractivity contribution >= 4 is 22.4 Å². The molecule has 3 unspecified atom stereocenters. The number of rotatable bonds is 6. The molecule has 0 radical (unpaired) electrons. The summed E-state index contributed by atoms with van der Waals surface area (Å²) in [7, 11) is 0. The van der Waals surface area contributed by atoms with Crippen LogP contribution in [0.3, 0.4) is 0 Å². The van der Waals surface area contributed by atoms with Crippen LogP contribution in [-0.4, -0.2) is 30.1 Å². The van der Waals surface area contributed by atoms with Crippen molar-refractivity contribution in [2.45, 2.75) is 45.8 Å². The fraction of sp³-hybridized carbons (Fsp3) is 0.714. The van der Waals surface area contributed by atoms with E-state index in [2.05, 4.69) is 29.5 Å². The number of aromatic nitrogens is 1. The van der Waals surface area contributed by atoms with Crippen molar-refractivity contribution < 1.29 is 9.53 Å². The predicted octanol–water partition coefficient (Wildman–Crippen LogP) is 2.57. The van der Waals surface area contributed by atoms with Crippen LogP contribution in [0.1, 0.15) is 45.3 Å². The molecule has 6 heteroatoms. The maximum absolute atomic E-state index is 12.1. The van der Waals surface area contributed by atoms with Gasteiger partial charge >= 0.3 is 0 Å². The van der Waals surface area contributed by atoms with E-state index < -0.39 is 0 Å². The topological polar surface area (TPSA) is 63.2 Å². The zero-order valence-corrected chi connectivity index (χ0v) is 13.1. The van der Waals surface area contributed by atoms with E-state index in [-0.39, 0.29) is 24.0 Å². The summed E-state index contributed by atoms with van der Waals surface area (Å²) in [6.07, 6.45) is 2.06. The second kappa shape index (κ2) is 7.15. The van der Waals surface area contributed by atoms with Crippen LogP contribution in [0.25, 0.3) is 0 Å². The number of carbonyl (C=O) groups is 1. The highest BCUT2D eigenvalue weighted by Crippen LogP contribution is 2.24. The second-order valence-corrected chi connectivity index (χ2v) is 6.18. The van der Waals surface area contributed by atoms with Crippen LogP contribution in [-0.2, 0) is 9.53 Å². The molecule has 1 aliphatic rings. The quantitative estimate of drug-likeness (QED) is 0.847. The minimum atomic E-state index is -0.0482. The molecule has 5 nitrogen and oxygen atoms in total. The molecule has 1 aliphatic heterocycles. The monoisotopic (exact) mass is 297 g/mol. The number of carbonyl (C=O) groups excluding carboxylic acids is 1. The molecule has 1 amide bonds. The molecule has 0 spiro atoms. The fourth-order valence-electron chi connectivity index (χ4n) is 2.22. The fourth-order valence-corrected chi connectivity index (χ4v) is 3.02. The lowest BCUT2D eigenvalue weighted by Crippen LogP contribution is -2.23. The first-order valence-corrected chi connectivity index (χ1v) is 8.09. The zero-order valence-electron chi connectivity index (χ0n) is 12.3. The Morgan fingerprint density at radius 2 is 2.45 bits per heavy atom. The van der Waals surface area contributed by atoms with Gasteiger partial charge in [0.05, 0.1) is 24.3 Å². The van der Waals surface area contributed by atoms with E-state index in [0.29, 0.717) is 11.7 Å². The molecular formula is C14H23N3O2S. The van der Waals surface area contributed by atoms with Gasteiger partial charge in [0.15, 0.2) is 5.13 Å². The van der Waals surface area contributed by atoms with Gasteiger partial charge in [-0.15, -0.1) is 11.3 Å². The maximum Gasteiger partial charge on any atom is 0.231 e. The molecule has 112 valence electrons. The van der Waals surface area contributed by atoms with Crippen molar-refractivity contribution in [1.82, 2.24) is 10.3 Å². The highest BCUT2D eigenvalue weighted by Gasteiger charge is 2.28. The Balaban J connectivity index is 1.87. The molecular weight excluding hydrogens is 274 g/mol. The average molecular weight is 297 g/mol. The van der Waals surface area contributed by atoms with Gasteiger partial charge in [-0.25, -0.2) is 4.98 Å². The molecule has 2 heterocycles. The smallest absolute Gasteiger partial charge is 0.231 e. The lowest BCUT2D eigenvalue weighted by atomic mass is 10.1. The Labute approximate surface area is 124 Å². The van der Waals surface area contributed by atoms with Crippen LogP contribution in [0.5, 0.6) is 0 Å². The molecule has 0 aliphatic carbocycles. The summed E-state index contributed by atoms with van der Waals surface area (Å²) >= 11 is 1.48. The number of hydrogen-bond acceptors (Lipinski definition) is 5. The van der Waals surface area contributed by atoms with Crippen molar-refractivity contribution in [3.8, 4) is 0 Å². The molecule has 3 atom stereocenters. The Morgan fingerprint density at radius 1 is 1.65 bits per heavy atom. The molecule has 2 N–H and O–H groups in total. The molecule has 1 fully saturated rings. The minimum absolute atomic E-state index is 0.0180. The van der Waals surface area contributed by atoms with Crippen LogP contribution in [0, 0.1) is 5.92 Å². The number of thiazole rings is 1. The van der Waals surface area contributed by atoms with Crippen molar-refractivity contribution in [2.75, 3.05) is 18.5 Å². The molecule has 0 aromatic carbocycles. The van der Waals surface area contributed by atoms with Gasteiger partial charge < -0.3 is 15.4 Å². The first-order valence-electron chi connectivity index (χ1n) is 7.21. The lowest BCUT2D eigenvalue weighted by molar-refractivity contribution is -0.119. The predicted molar refractivity (Wildman–Crippen MR) is 81.0 cm³/mol. The molecule has 20 heavy (non-hydrogen) atoms. The Kier molecular flexibility index (Phi) is 5.51. The van der Waals surface area contributed by atoms with Crippen LogP contribution < -0.4 is 10.6 Å². The molecule has 1 saturated heterocycles. The van der Waals surface area contributed by atoms with E-state index in [0.717, 1.165) is 25.1 Å². The van der Waals surface area contributed by atoms with Gasteiger partial charge in [-0.2, -0.15) is 0 Å². The van der Waals surface area contributed by atoms with E-state index in [1.807, 2.05) is 12.3 Å². The summed E-state index contributed by atoms with van der Waals surface area (Å²) < 4.78 is 5.42. The van der Waals surface area contributed by atoms with Crippen LogP contribution in [0.2, 0.25) is 0 Å². The SMILES string of the molecule is CCCNC(C)c1csc(NC(=O)C2COC(C)C2)n1. The van der Waals surface area contributed by atoms with E-state index in [1.165, 1.54) is 11.3 Å². The molecule has 2 rings (SSSR count). The molecule has 0 saturated carbocycles. The van der Waals surface area contributed by atoms with Crippen molar-refractivity contribution in [3.05, 3.63) is 11.1 Å². The summed E-state index contributed by atoms with van der Waals surface area (Å²) in [5.74, 6) is -0.0302. The van der Waals surface area contributed by atoms with Crippen molar-refractivity contribution in [2.24, 2.45) is 5.92 Å². The molecule has 0 bridgehead atoms. The third-order valence-electron chi connectivity index (χ3n) is 3.47. The third-order valence-corrected chi connectivity index (χ3v) is 4.24. The summed E-state index contributed by atoms with van der Waals surface area (Å²) in [5.41, 5.74) is 0.981. The van der Waals surface area contributed by atoms with Crippen LogP contribution in [0.15, 0.2) is 5.38 Å². The van der Waals surface area contributed by atoms with Gasteiger partial charge in [-0.05, 0) is 33.2 Å². The highest BCUT2D eigenvalue weighted by atomic mass is 32.1. The van der Waals surface area contributed by atoms with E-state index in [4.69, 9.17) is 4.74 Å². The van der Waals surface area contributed by atoms with Gasteiger partial charge in [-0.3, -0.25) is 4.79 Å². The Hall–Kier alpha value is -0.980. The number of hydrogen-bond donors (Lipinski definition) is 2. The van der Waals surface area contributed by atoms with Gasteiger partial charge in [-0.1, -0.05) is 6.92 Å². The summed E-state index contributed by atoms with van der Waals surface area (Å²) in [6.45, 7) is 7.70. The van der Waals surface area contributed by atoms with Gasteiger partial charge in [0.25, 0.3) is 0 Å². The summed E-state index contributed by atoms with van der Waals surface area (Å²) in [6, 6.07) is 0.215.